The fourth-order valence-corrected chi connectivity index (χ4v) is 3.18. The van der Waals surface area contributed by atoms with Crippen molar-refractivity contribution < 1.29 is 18.0 Å². The summed E-state index contributed by atoms with van der Waals surface area (Å²) in [7, 11) is -4.57. The summed E-state index contributed by atoms with van der Waals surface area (Å²) < 4.78 is 38.7. The monoisotopic (exact) mass is 390 g/mol. The SMILES string of the molecule is C=Cc1ccc(Cl)c(COC(C)(C)P(=O)(F)OC(C)(C)C(C)(C)C)c1. The molecule has 0 heterocycles. The lowest BCUT2D eigenvalue weighted by molar-refractivity contribution is -0.0379. The topological polar surface area (TPSA) is 35.5 Å². The lowest BCUT2D eigenvalue weighted by Gasteiger charge is -2.41. The zero-order valence-electron chi connectivity index (χ0n) is 16.2. The summed E-state index contributed by atoms with van der Waals surface area (Å²) in [6.07, 6.45) is 1.68. The first-order valence-electron chi connectivity index (χ1n) is 8.18. The number of ether oxygens (including phenoxy) is 1. The van der Waals surface area contributed by atoms with Crippen molar-refractivity contribution in [1.82, 2.24) is 0 Å². The number of hydrogen-bond donors (Lipinski definition) is 0. The molecule has 1 aromatic rings. The molecule has 1 aromatic carbocycles. The molecule has 0 fully saturated rings. The highest BCUT2D eigenvalue weighted by Gasteiger charge is 2.50. The van der Waals surface area contributed by atoms with Gasteiger partial charge in [-0.1, -0.05) is 51.1 Å². The second-order valence-corrected chi connectivity index (χ2v) is 10.7. The fourth-order valence-electron chi connectivity index (χ4n) is 1.70. The van der Waals surface area contributed by atoms with Crippen LogP contribution in [0.2, 0.25) is 5.02 Å². The maximum Gasteiger partial charge on any atom is 0.398 e. The van der Waals surface area contributed by atoms with Gasteiger partial charge in [0.05, 0.1) is 12.2 Å². The van der Waals surface area contributed by atoms with E-state index in [4.69, 9.17) is 20.9 Å². The van der Waals surface area contributed by atoms with Crippen LogP contribution in [0.1, 0.15) is 59.6 Å². The molecule has 25 heavy (non-hydrogen) atoms. The zero-order chi connectivity index (χ0) is 19.7. The molecule has 0 aliphatic carbocycles. The second-order valence-electron chi connectivity index (χ2n) is 8.12. The molecular weight excluding hydrogens is 362 g/mol. The van der Waals surface area contributed by atoms with Gasteiger partial charge in [-0.05, 0) is 56.4 Å². The molecule has 0 radical (unpaired) electrons. The smallest absolute Gasteiger partial charge is 0.358 e. The molecule has 0 aromatic heterocycles. The number of hydrogen-bond acceptors (Lipinski definition) is 3. The minimum absolute atomic E-state index is 0.0146. The van der Waals surface area contributed by atoms with Gasteiger partial charge in [-0.15, -0.1) is 0 Å². The molecule has 0 amide bonds. The van der Waals surface area contributed by atoms with Crippen LogP contribution in [0.5, 0.6) is 0 Å². The summed E-state index contributed by atoms with van der Waals surface area (Å²) in [5.41, 5.74) is 0.210. The molecule has 0 aliphatic heterocycles. The standard InChI is InChI=1S/C19H29ClFO3P/c1-9-14-10-11-16(20)15(12-14)13-23-19(7,8)25(21,22)24-18(5,6)17(2,3)4/h9-12H,1,13H2,2-8H3. The van der Waals surface area contributed by atoms with Gasteiger partial charge in [0, 0.05) is 5.02 Å². The van der Waals surface area contributed by atoms with Crippen LogP contribution in [0, 0.1) is 5.41 Å². The largest absolute Gasteiger partial charge is 0.398 e. The number of benzene rings is 1. The number of rotatable bonds is 7. The predicted molar refractivity (Wildman–Crippen MR) is 104 cm³/mol. The molecule has 0 spiro atoms. The normalized spacial score (nSPS) is 15.7. The lowest BCUT2D eigenvalue weighted by Crippen LogP contribution is -2.40. The predicted octanol–water partition coefficient (Wildman–Crippen LogP) is 7.24. The van der Waals surface area contributed by atoms with Crippen molar-refractivity contribution in [2.24, 2.45) is 5.41 Å². The van der Waals surface area contributed by atoms with Crippen molar-refractivity contribution in [3.05, 3.63) is 40.9 Å². The van der Waals surface area contributed by atoms with Crippen LogP contribution in [-0.2, 0) is 20.4 Å². The second kappa shape index (κ2) is 7.52. The molecule has 1 atom stereocenters. The van der Waals surface area contributed by atoms with Gasteiger partial charge >= 0.3 is 7.68 Å². The minimum Gasteiger partial charge on any atom is -0.358 e. The van der Waals surface area contributed by atoms with E-state index in [9.17, 15) is 4.57 Å². The summed E-state index contributed by atoms with van der Waals surface area (Å²) in [6.45, 7) is 15.7. The quantitative estimate of drug-likeness (QED) is 0.460. The molecule has 1 unspecified atom stereocenters. The first kappa shape index (κ1) is 22.4. The van der Waals surface area contributed by atoms with Crippen LogP contribution in [0.15, 0.2) is 24.8 Å². The molecule has 142 valence electrons. The summed E-state index contributed by atoms with van der Waals surface area (Å²) >= 11 is 6.15. The third kappa shape index (κ3) is 5.40. The van der Waals surface area contributed by atoms with E-state index in [1.165, 1.54) is 13.8 Å². The Bertz CT molecular complexity index is 678. The Morgan fingerprint density at radius 1 is 1.20 bits per heavy atom. The van der Waals surface area contributed by atoms with E-state index in [2.05, 4.69) is 6.58 Å². The third-order valence-corrected chi connectivity index (χ3v) is 7.16. The van der Waals surface area contributed by atoms with Crippen molar-refractivity contribution >= 4 is 25.4 Å². The average molecular weight is 391 g/mol. The summed E-state index contributed by atoms with van der Waals surface area (Å²) in [5.74, 6) is 0. The maximum atomic E-state index is 15.0. The Morgan fingerprint density at radius 3 is 2.24 bits per heavy atom. The number of halogens is 2. The van der Waals surface area contributed by atoms with Gasteiger partial charge in [-0.2, -0.15) is 4.20 Å². The highest BCUT2D eigenvalue weighted by atomic mass is 35.5. The third-order valence-electron chi connectivity index (χ3n) is 4.68. The highest BCUT2D eigenvalue weighted by molar-refractivity contribution is 7.54. The van der Waals surface area contributed by atoms with Crippen LogP contribution < -0.4 is 0 Å². The fraction of sp³-hybridized carbons (Fsp3) is 0.579. The first-order chi connectivity index (χ1) is 11.1. The van der Waals surface area contributed by atoms with Crippen molar-refractivity contribution in [2.75, 3.05) is 0 Å². The molecule has 1 rings (SSSR count). The minimum atomic E-state index is -4.57. The van der Waals surface area contributed by atoms with Crippen LogP contribution in [0.25, 0.3) is 6.08 Å². The van der Waals surface area contributed by atoms with Crippen molar-refractivity contribution in [2.45, 2.75) is 66.0 Å². The van der Waals surface area contributed by atoms with Gasteiger partial charge in [0.1, 0.15) is 0 Å². The van der Waals surface area contributed by atoms with Gasteiger partial charge in [0.15, 0.2) is 5.34 Å². The van der Waals surface area contributed by atoms with Gasteiger partial charge in [0.25, 0.3) is 0 Å². The van der Waals surface area contributed by atoms with Gasteiger partial charge in [0.2, 0.25) is 0 Å². The van der Waals surface area contributed by atoms with Gasteiger partial charge in [-0.25, -0.2) is 0 Å². The molecular formula is C19H29ClFO3P. The summed E-state index contributed by atoms with van der Waals surface area (Å²) in [5, 5.41) is -1.12. The van der Waals surface area contributed by atoms with E-state index < -0.39 is 24.0 Å². The molecule has 3 nitrogen and oxygen atoms in total. The summed E-state index contributed by atoms with van der Waals surface area (Å²) in [6, 6.07) is 5.34. The van der Waals surface area contributed by atoms with Crippen LogP contribution in [0.3, 0.4) is 0 Å². The highest BCUT2D eigenvalue weighted by Crippen LogP contribution is 2.64. The van der Waals surface area contributed by atoms with E-state index in [0.717, 1.165) is 5.56 Å². The van der Waals surface area contributed by atoms with Crippen molar-refractivity contribution in [3.63, 3.8) is 0 Å². The van der Waals surface area contributed by atoms with E-state index in [0.29, 0.717) is 10.6 Å². The molecule has 0 aliphatic rings. The van der Waals surface area contributed by atoms with Crippen molar-refractivity contribution in [3.8, 4) is 0 Å². The Hall–Kier alpha value is -0.670. The zero-order valence-corrected chi connectivity index (χ0v) is 17.8. The Kier molecular flexibility index (Phi) is 6.73. The van der Waals surface area contributed by atoms with Crippen molar-refractivity contribution in [1.29, 1.82) is 0 Å². The van der Waals surface area contributed by atoms with Crippen LogP contribution in [-0.4, -0.2) is 10.9 Å². The molecule has 0 bridgehead atoms. The first-order valence-corrected chi connectivity index (χ1v) is 10.1. The van der Waals surface area contributed by atoms with E-state index in [-0.39, 0.29) is 6.61 Å². The Morgan fingerprint density at radius 2 is 1.76 bits per heavy atom. The van der Waals surface area contributed by atoms with Crippen LogP contribution in [0.4, 0.5) is 4.20 Å². The molecule has 0 N–H and O–H groups in total. The van der Waals surface area contributed by atoms with E-state index in [1.54, 1.807) is 32.1 Å². The maximum absolute atomic E-state index is 15.0. The Labute approximate surface area is 156 Å². The average Bonchev–Trinajstić information content (AvgIpc) is 2.44. The van der Waals surface area contributed by atoms with Gasteiger partial charge < -0.3 is 4.74 Å². The summed E-state index contributed by atoms with van der Waals surface area (Å²) in [4.78, 5) is 0. The van der Waals surface area contributed by atoms with E-state index in [1.807, 2.05) is 26.8 Å². The van der Waals surface area contributed by atoms with Crippen LogP contribution >= 0.6 is 19.3 Å². The lowest BCUT2D eigenvalue weighted by atomic mass is 9.79. The Balaban J connectivity index is 2.97. The molecule has 0 saturated carbocycles. The van der Waals surface area contributed by atoms with E-state index >= 15 is 4.20 Å². The molecule has 0 saturated heterocycles. The molecule has 6 heteroatoms. The van der Waals surface area contributed by atoms with Gasteiger partial charge in [-0.3, -0.25) is 9.09 Å².